The standard InChI is InChI=1S/C18H26N4O3/c1-12-10-15(16-13(2)21-25-18(16)20-12)17(24)19-7-3-4-8-22-9-5-6-14(22)11-23/h10,14,23H,3-9,11H2,1-2H3,(H,19,24). The summed E-state index contributed by atoms with van der Waals surface area (Å²) in [7, 11) is 0. The number of carbonyl (C=O) groups excluding carboxylic acids is 1. The van der Waals surface area contributed by atoms with Crippen LogP contribution in [0.3, 0.4) is 0 Å². The van der Waals surface area contributed by atoms with Crippen molar-refractivity contribution in [2.45, 2.75) is 45.6 Å². The van der Waals surface area contributed by atoms with Gasteiger partial charge in [-0.25, -0.2) is 4.98 Å². The number of nitrogens with one attached hydrogen (secondary N) is 1. The smallest absolute Gasteiger partial charge is 0.258 e. The van der Waals surface area contributed by atoms with E-state index >= 15 is 0 Å². The van der Waals surface area contributed by atoms with E-state index in [-0.39, 0.29) is 12.5 Å². The van der Waals surface area contributed by atoms with Crippen LogP contribution in [-0.2, 0) is 0 Å². The quantitative estimate of drug-likeness (QED) is 0.743. The van der Waals surface area contributed by atoms with Gasteiger partial charge in [0.2, 0.25) is 0 Å². The molecule has 1 aliphatic heterocycles. The van der Waals surface area contributed by atoms with Crippen molar-refractivity contribution in [1.29, 1.82) is 0 Å². The van der Waals surface area contributed by atoms with Crippen LogP contribution >= 0.6 is 0 Å². The lowest BCUT2D eigenvalue weighted by molar-refractivity contribution is 0.0953. The summed E-state index contributed by atoms with van der Waals surface area (Å²) in [5.74, 6) is -0.115. The summed E-state index contributed by atoms with van der Waals surface area (Å²) in [4.78, 5) is 19.1. The monoisotopic (exact) mass is 346 g/mol. The van der Waals surface area contributed by atoms with Crippen molar-refractivity contribution in [2.24, 2.45) is 0 Å². The highest BCUT2D eigenvalue weighted by molar-refractivity contribution is 6.05. The van der Waals surface area contributed by atoms with Gasteiger partial charge in [-0.05, 0) is 58.7 Å². The van der Waals surface area contributed by atoms with Crippen molar-refractivity contribution < 1.29 is 14.4 Å². The summed E-state index contributed by atoms with van der Waals surface area (Å²) < 4.78 is 5.17. The van der Waals surface area contributed by atoms with Crippen LogP contribution in [0.5, 0.6) is 0 Å². The van der Waals surface area contributed by atoms with E-state index in [4.69, 9.17) is 4.52 Å². The van der Waals surface area contributed by atoms with Gasteiger partial charge in [0, 0.05) is 18.3 Å². The van der Waals surface area contributed by atoms with Gasteiger partial charge in [-0.3, -0.25) is 9.69 Å². The van der Waals surface area contributed by atoms with Gasteiger partial charge in [0.25, 0.3) is 11.6 Å². The largest absolute Gasteiger partial charge is 0.395 e. The number of aryl methyl sites for hydroxylation is 2. The Labute approximate surface area is 147 Å². The predicted octanol–water partition coefficient (Wildman–Crippen LogP) is 1.81. The Bertz CT molecular complexity index is 743. The molecule has 3 rings (SSSR count). The molecular weight excluding hydrogens is 320 g/mol. The van der Waals surface area contributed by atoms with Crippen molar-refractivity contribution >= 4 is 17.0 Å². The van der Waals surface area contributed by atoms with E-state index in [1.54, 1.807) is 6.07 Å². The highest BCUT2D eigenvalue weighted by Crippen LogP contribution is 2.22. The molecule has 25 heavy (non-hydrogen) atoms. The van der Waals surface area contributed by atoms with E-state index in [2.05, 4.69) is 20.4 Å². The van der Waals surface area contributed by atoms with Gasteiger partial charge in [0.1, 0.15) is 0 Å². The summed E-state index contributed by atoms with van der Waals surface area (Å²) in [5.41, 5.74) is 2.39. The number of carbonyl (C=O) groups is 1. The van der Waals surface area contributed by atoms with Gasteiger partial charge >= 0.3 is 0 Å². The Morgan fingerprint density at radius 1 is 1.44 bits per heavy atom. The summed E-state index contributed by atoms with van der Waals surface area (Å²) in [6.45, 7) is 6.56. The first-order chi connectivity index (χ1) is 12.1. The second kappa shape index (κ2) is 7.93. The molecule has 1 saturated heterocycles. The second-order valence-electron chi connectivity index (χ2n) is 6.74. The molecule has 0 spiro atoms. The molecule has 0 radical (unpaired) electrons. The lowest BCUT2D eigenvalue weighted by Gasteiger charge is -2.22. The normalized spacial score (nSPS) is 18.1. The van der Waals surface area contributed by atoms with E-state index in [1.807, 2.05) is 13.8 Å². The van der Waals surface area contributed by atoms with Crippen molar-refractivity contribution in [3.05, 3.63) is 23.0 Å². The third-order valence-corrected chi connectivity index (χ3v) is 4.86. The predicted molar refractivity (Wildman–Crippen MR) is 94.5 cm³/mol. The van der Waals surface area contributed by atoms with E-state index in [1.165, 1.54) is 0 Å². The van der Waals surface area contributed by atoms with Crippen LogP contribution in [-0.4, -0.2) is 58.3 Å². The first-order valence-electron chi connectivity index (χ1n) is 8.97. The average molecular weight is 346 g/mol. The third kappa shape index (κ3) is 3.99. The summed E-state index contributed by atoms with van der Waals surface area (Å²) >= 11 is 0. The van der Waals surface area contributed by atoms with Gasteiger partial charge in [-0.1, -0.05) is 5.16 Å². The van der Waals surface area contributed by atoms with Crippen LogP contribution in [0.25, 0.3) is 11.1 Å². The molecule has 136 valence electrons. The Morgan fingerprint density at radius 3 is 3.08 bits per heavy atom. The number of aliphatic hydroxyl groups is 1. The first-order valence-corrected chi connectivity index (χ1v) is 8.97. The number of hydrogen-bond acceptors (Lipinski definition) is 6. The maximum absolute atomic E-state index is 12.5. The lowest BCUT2D eigenvalue weighted by atomic mass is 10.1. The molecule has 1 unspecified atom stereocenters. The minimum atomic E-state index is -0.115. The number of pyridine rings is 1. The number of rotatable bonds is 7. The second-order valence-corrected chi connectivity index (χ2v) is 6.74. The van der Waals surface area contributed by atoms with Crippen LogP contribution in [0.2, 0.25) is 0 Å². The fourth-order valence-electron chi connectivity index (χ4n) is 3.53. The molecule has 3 heterocycles. The Morgan fingerprint density at radius 2 is 2.28 bits per heavy atom. The number of aliphatic hydroxyl groups excluding tert-OH is 1. The summed E-state index contributed by atoms with van der Waals surface area (Å²) in [5, 5.41) is 16.9. The van der Waals surface area contributed by atoms with Crippen LogP contribution in [0.4, 0.5) is 0 Å². The van der Waals surface area contributed by atoms with Crippen LogP contribution in [0, 0.1) is 13.8 Å². The number of amides is 1. The van der Waals surface area contributed by atoms with Crippen molar-refractivity contribution in [3.8, 4) is 0 Å². The van der Waals surface area contributed by atoms with Gasteiger partial charge < -0.3 is 14.9 Å². The van der Waals surface area contributed by atoms with Crippen LogP contribution < -0.4 is 5.32 Å². The number of fused-ring (bicyclic) bond motifs is 1. The first kappa shape index (κ1) is 17.8. The molecular formula is C18H26N4O3. The van der Waals surface area contributed by atoms with E-state index in [9.17, 15) is 9.90 Å². The lowest BCUT2D eigenvalue weighted by Crippen LogP contribution is -2.33. The molecule has 1 amide bonds. The molecule has 2 N–H and O–H groups in total. The SMILES string of the molecule is Cc1cc(C(=O)NCCCCN2CCCC2CO)c2c(C)noc2n1. The Hall–Kier alpha value is -1.99. The van der Waals surface area contributed by atoms with Gasteiger partial charge in [-0.15, -0.1) is 0 Å². The molecule has 7 heteroatoms. The molecule has 0 aliphatic carbocycles. The van der Waals surface area contributed by atoms with Crippen LogP contribution in [0.15, 0.2) is 10.6 Å². The molecule has 7 nitrogen and oxygen atoms in total. The number of aromatic nitrogens is 2. The fraction of sp³-hybridized carbons (Fsp3) is 0.611. The summed E-state index contributed by atoms with van der Waals surface area (Å²) in [6.07, 6.45) is 4.17. The topological polar surface area (TPSA) is 91.5 Å². The Kier molecular flexibility index (Phi) is 5.65. The highest BCUT2D eigenvalue weighted by atomic mass is 16.5. The van der Waals surface area contributed by atoms with Gasteiger partial charge in [-0.2, -0.15) is 0 Å². The molecule has 0 aromatic carbocycles. The molecule has 2 aromatic heterocycles. The average Bonchev–Trinajstić information content (AvgIpc) is 3.20. The molecule has 1 atom stereocenters. The zero-order chi connectivity index (χ0) is 17.8. The molecule has 2 aromatic rings. The molecule has 0 saturated carbocycles. The maximum Gasteiger partial charge on any atom is 0.258 e. The highest BCUT2D eigenvalue weighted by Gasteiger charge is 2.22. The number of unbranched alkanes of at least 4 members (excludes halogenated alkanes) is 1. The number of nitrogens with zero attached hydrogens (tertiary/aromatic N) is 3. The van der Waals surface area contributed by atoms with E-state index in [0.717, 1.165) is 44.5 Å². The fourth-order valence-corrected chi connectivity index (χ4v) is 3.53. The van der Waals surface area contributed by atoms with Gasteiger partial charge in [0.15, 0.2) is 0 Å². The zero-order valence-electron chi connectivity index (χ0n) is 14.9. The zero-order valence-corrected chi connectivity index (χ0v) is 14.9. The van der Waals surface area contributed by atoms with Crippen molar-refractivity contribution in [3.63, 3.8) is 0 Å². The van der Waals surface area contributed by atoms with Gasteiger partial charge in [0.05, 0.1) is 23.3 Å². The van der Waals surface area contributed by atoms with E-state index < -0.39 is 0 Å². The number of likely N-dealkylation sites (tertiary alicyclic amines) is 1. The molecule has 1 fully saturated rings. The summed E-state index contributed by atoms with van der Waals surface area (Å²) in [6, 6.07) is 2.09. The minimum absolute atomic E-state index is 0.115. The third-order valence-electron chi connectivity index (χ3n) is 4.86. The van der Waals surface area contributed by atoms with Crippen molar-refractivity contribution in [2.75, 3.05) is 26.2 Å². The van der Waals surface area contributed by atoms with Crippen LogP contribution in [0.1, 0.15) is 47.4 Å². The number of hydrogen-bond donors (Lipinski definition) is 2. The van der Waals surface area contributed by atoms with Crippen molar-refractivity contribution in [1.82, 2.24) is 20.4 Å². The minimum Gasteiger partial charge on any atom is -0.395 e. The molecule has 0 bridgehead atoms. The Balaban J connectivity index is 1.51. The molecule has 1 aliphatic rings. The van der Waals surface area contributed by atoms with E-state index in [0.29, 0.717) is 34.9 Å². The maximum atomic E-state index is 12.5.